The smallest absolute Gasteiger partial charge is 0.0955 e. The molecule has 1 aromatic carbocycles. The van der Waals surface area contributed by atoms with Crippen molar-refractivity contribution in [3.05, 3.63) is 78.4 Å². The van der Waals surface area contributed by atoms with Gasteiger partial charge in [-0.05, 0) is 12.5 Å². The van der Waals surface area contributed by atoms with Crippen molar-refractivity contribution < 1.29 is 0 Å². The topological polar surface area (TPSA) is 17.8 Å². The average Bonchev–Trinajstić information content (AvgIpc) is 2.74. The second kappa shape index (κ2) is 6.19. The minimum absolute atomic E-state index is 0.838. The molecule has 0 aliphatic rings. The predicted molar refractivity (Wildman–Crippen MR) is 80.2 cm³/mol. The van der Waals surface area contributed by atoms with Gasteiger partial charge < -0.3 is 4.57 Å². The average molecular weight is 252 g/mol. The van der Waals surface area contributed by atoms with E-state index in [1.807, 2.05) is 25.4 Å². The summed E-state index contributed by atoms with van der Waals surface area (Å²) in [7, 11) is 0. The van der Waals surface area contributed by atoms with Gasteiger partial charge in [0.2, 0.25) is 0 Å². The summed E-state index contributed by atoms with van der Waals surface area (Å²) in [5.41, 5.74) is 4.77. The summed E-state index contributed by atoms with van der Waals surface area (Å²) in [5, 5.41) is 0. The molecule has 0 unspecified atom stereocenters. The van der Waals surface area contributed by atoms with Crippen molar-refractivity contribution in [2.75, 3.05) is 0 Å². The van der Waals surface area contributed by atoms with Crippen LogP contribution in [0.4, 0.5) is 0 Å². The van der Waals surface area contributed by atoms with E-state index in [0.29, 0.717) is 0 Å². The molecule has 2 nitrogen and oxygen atoms in total. The van der Waals surface area contributed by atoms with E-state index < -0.39 is 0 Å². The van der Waals surface area contributed by atoms with Crippen molar-refractivity contribution in [1.29, 1.82) is 0 Å². The van der Waals surface area contributed by atoms with Crippen LogP contribution in [0, 0.1) is 0 Å². The Morgan fingerprint density at radius 3 is 2.68 bits per heavy atom. The van der Waals surface area contributed by atoms with Crippen LogP contribution < -0.4 is 0 Å². The molecule has 0 fully saturated rings. The molecular formula is C17H20N2. The Labute approximate surface area is 115 Å². The molecule has 0 radical (unpaired) electrons. The van der Waals surface area contributed by atoms with Crippen LogP contribution in [-0.2, 0) is 19.4 Å². The van der Waals surface area contributed by atoms with E-state index in [-0.39, 0.29) is 0 Å². The number of aromatic nitrogens is 2. The zero-order valence-corrected chi connectivity index (χ0v) is 11.5. The molecule has 98 valence electrons. The van der Waals surface area contributed by atoms with Gasteiger partial charge in [0.1, 0.15) is 0 Å². The molecule has 1 aromatic heterocycles. The van der Waals surface area contributed by atoms with Gasteiger partial charge in [0.25, 0.3) is 0 Å². The van der Waals surface area contributed by atoms with Crippen LogP contribution in [0.5, 0.6) is 0 Å². The molecule has 0 amide bonds. The molecule has 0 N–H and O–H groups in total. The van der Waals surface area contributed by atoms with Crippen LogP contribution in [-0.4, -0.2) is 9.55 Å². The SMILES string of the molecule is C=CCc1c(CC(=C)C)ncn1Cc1ccccc1. The number of hydrogen-bond acceptors (Lipinski definition) is 1. The Kier molecular flexibility index (Phi) is 4.35. The molecule has 0 saturated heterocycles. The normalized spacial score (nSPS) is 10.4. The molecule has 0 saturated carbocycles. The molecule has 0 spiro atoms. The summed E-state index contributed by atoms with van der Waals surface area (Å²) in [6.07, 6.45) is 5.53. The van der Waals surface area contributed by atoms with E-state index in [1.54, 1.807) is 0 Å². The Balaban J connectivity index is 2.27. The Morgan fingerprint density at radius 2 is 2.05 bits per heavy atom. The van der Waals surface area contributed by atoms with Gasteiger partial charge in [0, 0.05) is 25.1 Å². The Morgan fingerprint density at radius 1 is 1.32 bits per heavy atom. The Bertz CT molecular complexity index is 564. The minimum Gasteiger partial charge on any atom is -0.330 e. The first-order valence-corrected chi connectivity index (χ1v) is 6.52. The zero-order chi connectivity index (χ0) is 13.7. The highest BCUT2D eigenvalue weighted by Crippen LogP contribution is 2.15. The van der Waals surface area contributed by atoms with Gasteiger partial charge in [-0.25, -0.2) is 4.98 Å². The fraction of sp³-hybridized carbons (Fsp3) is 0.235. The predicted octanol–water partition coefficient (Wildman–Crippen LogP) is 3.78. The molecule has 1 heterocycles. The van der Waals surface area contributed by atoms with Crippen molar-refractivity contribution in [2.45, 2.75) is 26.3 Å². The molecule has 0 aliphatic heterocycles. The van der Waals surface area contributed by atoms with Crippen molar-refractivity contribution >= 4 is 0 Å². The quantitative estimate of drug-likeness (QED) is 0.715. The van der Waals surface area contributed by atoms with Gasteiger partial charge in [-0.3, -0.25) is 0 Å². The Hall–Kier alpha value is -2.09. The van der Waals surface area contributed by atoms with Crippen LogP contribution in [0.3, 0.4) is 0 Å². The van der Waals surface area contributed by atoms with Crippen LogP contribution in [0.15, 0.2) is 61.5 Å². The van der Waals surface area contributed by atoms with Gasteiger partial charge in [0.05, 0.1) is 12.0 Å². The lowest BCUT2D eigenvalue weighted by molar-refractivity contribution is 0.753. The molecule has 19 heavy (non-hydrogen) atoms. The second-order valence-electron chi connectivity index (χ2n) is 4.88. The molecular weight excluding hydrogens is 232 g/mol. The van der Waals surface area contributed by atoms with Crippen LogP contribution in [0.25, 0.3) is 0 Å². The molecule has 2 aromatic rings. The number of rotatable bonds is 6. The third kappa shape index (κ3) is 3.44. The monoisotopic (exact) mass is 252 g/mol. The number of allylic oxidation sites excluding steroid dienone is 2. The summed E-state index contributed by atoms with van der Waals surface area (Å²) < 4.78 is 2.20. The van der Waals surface area contributed by atoms with Gasteiger partial charge in [-0.2, -0.15) is 0 Å². The van der Waals surface area contributed by atoms with Crippen LogP contribution >= 0.6 is 0 Å². The van der Waals surface area contributed by atoms with E-state index in [0.717, 1.165) is 30.7 Å². The second-order valence-corrected chi connectivity index (χ2v) is 4.88. The van der Waals surface area contributed by atoms with E-state index in [1.165, 1.54) is 11.3 Å². The maximum Gasteiger partial charge on any atom is 0.0955 e. The van der Waals surface area contributed by atoms with Gasteiger partial charge in [-0.1, -0.05) is 48.6 Å². The highest BCUT2D eigenvalue weighted by atomic mass is 15.1. The summed E-state index contributed by atoms with van der Waals surface area (Å²) >= 11 is 0. The van der Waals surface area contributed by atoms with Gasteiger partial charge >= 0.3 is 0 Å². The molecule has 0 aliphatic carbocycles. The van der Waals surface area contributed by atoms with Crippen molar-refractivity contribution in [3.63, 3.8) is 0 Å². The van der Waals surface area contributed by atoms with E-state index in [9.17, 15) is 0 Å². The summed E-state index contributed by atoms with van der Waals surface area (Å²) in [6, 6.07) is 10.4. The lowest BCUT2D eigenvalue weighted by Gasteiger charge is -2.09. The maximum absolute atomic E-state index is 4.53. The highest BCUT2D eigenvalue weighted by molar-refractivity contribution is 5.23. The first-order valence-electron chi connectivity index (χ1n) is 6.52. The first kappa shape index (κ1) is 13.3. The number of hydrogen-bond donors (Lipinski definition) is 0. The van der Waals surface area contributed by atoms with Gasteiger partial charge in [-0.15, -0.1) is 6.58 Å². The highest BCUT2D eigenvalue weighted by Gasteiger charge is 2.10. The third-order valence-corrected chi connectivity index (χ3v) is 3.04. The lowest BCUT2D eigenvalue weighted by Crippen LogP contribution is -2.04. The van der Waals surface area contributed by atoms with E-state index >= 15 is 0 Å². The summed E-state index contributed by atoms with van der Waals surface area (Å²) in [5.74, 6) is 0. The fourth-order valence-electron chi connectivity index (χ4n) is 2.17. The lowest BCUT2D eigenvalue weighted by atomic mass is 10.1. The minimum atomic E-state index is 0.838. The van der Waals surface area contributed by atoms with Crippen LogP contribution in [0.1, 0.15) is 23.9 Å². The fourth-order valence-corrected chi connectivity index (χ4v) is 2.17. The summed E-state index contributed by atoms with van der Waals surface area (Å²) in [6.45, 7) is 10.7. The number of imidazole rings is 1. The number of nitrogens with zero attached hydrogens (tertiary/aromatic N) is 2. The van der Waals surface area contributed by atoms with Crippen molar-refractivity contribution in [1.82, 2.24) is 9.55 Å². The third-order valence-electron chi connectivity index (χ3n) is 3.04. The van der Waals surface area contributed by atoms with Crippen molar-refractivity contribution in [3.8, 4) is 0 Å². The molecule has 0 bridgehead atoms. The standard InChI is InChI=1S/C17H20N2/c1-4-8-17-16(11-14(2)3)18-13-19(17)12-15-9-6-5-7-10-15/h4-7,9-10,13H,1-2,8,11-12H2,3H3. The summed E-state index contributed by atoms with van der Waals surface area (Å²) in [4.78, 5) is 4.53. The van der Waals surface area contributed by atoms with Crippen molar-refractivity contribution in [2.24, 2.45) is 0 Å². The van der Waals surface area contributed by atoms with E-state index in [2.05, 4.69) is 47.0 Å². The first-order chi connectivity index (χ1) is 9.20. The van der Waals surface area contributed by atoms with E-state index in [4.69, 9.17) is 0 Å². The molecule has 0 atom stereocenters. The van der Waals surface area contributed by atoms with Gasteiger partial charge in [0.15, 0.2) is 0 Å². The largest absolute Gasteiger partial charge is 0.330 e. The zero-order valence-electron chi connectivity index (χ0n) is 11.5. The number of benzene rings is 1. The molecule has 2 rings (SSSR count). The van der Waals surface area contributed by atoms with Crippen LogP contribution in [0.2, 0.25) is 0 Å². The molecule has 2 heteroatoms. The maximum atomic E-state index is 4.53.